The number of amides is 1. The van der Waals surface area contributed by atoms with E-state index in [9.17, 15) is 17.6 Å². The Morgan fingerprint density at radius 2 is 1.85 bits per heavy atom. The third-order valence-electron chi connectivity index (χ3n) is 5.36. The minimum Gasteiger partial charge on any atom is -0.345 e. The molecule has 1 fully saturated rings. The first-order valence-corrected chi connectivity index (χ1v) is 12.1. The number of nitrogens with one attached hydrogen (secondary N) is 1. The van der Waals surface area contributed by atoms with E-state index in [1.165, 1.54) is 27.6 Å². The highest BCUT2D eigenvalue weighted by Gasteiger charge is 2.32. The lowest BCUT2D eigenvalue weighted by Crippen LogP contribution is -2.50. The molecule has 4 rings (SSSR count). The fraction of sp³-hybridized carbons (Fsp3) is 0.273. The zero-order valence-electron chi connectivity index (χ0n) is 18.1. The van der Waals surface area contributed by atoms with Crippen molar-refractivity contribution < 1.29 is 17.6 Å². The summed E-state index contributed by atoms with van der Waals surface area (Å²) in [7, 11) is -0.277. The Hall–Kier alpha value is -2.95. The Morgan fingerprint density at radius 3 is 2.52 bits per heavy atom. The molecule has 2 aromatic carbocycles. The average molecular weight is 492 g/mol. The molecule has 0 spiro atoms. The largest absolute Gasteiger partial charge is 0.345 e. The van der Waals surface area contributed by atoms with Gasteiger partial charge in [-0.1, -0.05) is 17.7 Å². The third-order valence-corrected chi connectivity index (χ3v) is 7.42. The Bertz CT molecular complexity index is 1330. The predicted octanol–water partition coefficient (Wildman–Crippen LogP) is 3.00. The highest BCUT2D eigenvalue weighted by Crippen LogP contribution is 2.25. The molecule has 0 unspecified atom stereocenters. The molecule has 1 aliphatic rings. The van der Waals surface area contributed by atoms with E-state index < -0.39 is 21.7 Å². The molecule has 0 bridgehead atoms. The van der Waals surface area contributed by atoms with Gasteiger partial charge in [0.25, 0.3) is 15.9 Å². The van der Waals surface area contributed by atoms with Crippen LogP contribution in [0.4, 0.5) is 4.39 Å². The van der Waals surface area contributed by atoms with Crippen molar-refractivity contribution in [3.8, 4) is 0 Å². The summed E-state index contributed by atoms with van der Waals surface area (Å²) in [5.74, 6) is -1.12. The minimum absolute atomic E-state index is 0.0548. The zero-order valence-corrected chi connectivity index (χ0v) is 19.7. The Morgan fingerprint density at radius 1 is 1.12 bits per heavy atom. The topological polar surface area (TPSA) is 89.1 Å². The SMILES string of the molecule is CN(C)/N=C/c1ccc(C(=O)N2CCN(S(=O)(=O)c3cc4cc(Cl)ccc4[nH]3)CC2)c(F)c1. The molecule has 0 atom stereocenters. The Kier molecular flexibility index (Phi) is 6.42. The van der Waals surface area contributed by atoms with Crippen molar-refractivity contribution in [1.82, 2.24) is 19.2 Å². The third kappa shape index (κ3) is 4.87. The Labute approximate surface area is 196 Å². The summed E-state index contributed by atoms with van der Waals surface area (Å²) in [5, 5.41) is 6.91. The molecule has 8 nitrogen and oxygen atoms in total. The van der Waals surface area contributed by atoms with Gasteiger partial charge in [-0.2, -0.15) is 9.41 Å². The highest BCUT2D eigenvalue weighted by molar-refractivity contribution is 7.89. The number of hydrogen-bond acceptors (Lipinski definition) is 5. The van der Waals surface area contributed by atoms with Crippen LogP contribution in [-0.4, -0.2) is 80.0 Å². The molecule has 11 heteroatoms. The van der Waals surface area contributed by atoms with Crippen molar-refractivity contribution in [1.29, 1.82) is 0 Å². The first-order valence-electron chi connectivity index (χ1n) is 10.2. The number of sulfonamides is 1. The lowest BCUT2D eigenvalue weighted by atomic mass is 10.1. The van der Waals surface area contributed by atoms with Gasteiger partial charge in [-0.15, -0.1) is 0 Å². The predicted molar refractivity (Wildman–Crippen MR) is 126 cm³/mol. The van der Waals surface area contributed by atoms with Crippen molar-refractivity contribution in [2.24, 2.45) is 5.10 Å². The number of aromatic amines is 1. The summed E-state index contributed by atoms with van der Waals surface area (Å²) in [5.41, 5.74) is 1.15. The van der Waals surface area contributed by atoms with Crippen LogP contribution >= 0.6 is 11.6 Å². The molecular weight excluding hydrogens is 469 g/mol. The number of carbonyl (C=O) groups excluding carboxylic acids is 1. The van der Waals surface area contributed by atoms with Crippen molar-refractivity contribution in [2.75, 3.05) is 40.3 Å². The van der Waals surface area contributed by atoms with Crippen LogP contribution in [0.2, 0.25) is 5.02 Å². The minimum atomic E-state index is -3.77. The molecule has 0 aliphatic carbocycles. The molecular formula is C22H23ClFN5O3S. The first-order chi connectivity index (χ1) is 15.6. The van der Waals surface area contributed by atoms with Crippen LogP contribution in [0.3, 0.4) is 0 Å². The molecule has 1 saturated heterocycles. The summed E-state index contributed by atoms with van der Waals surface area (Å²) < 4.78 is 42.0. The zero-order chi connectivity index (χ0) is 23.8. The van der Waals surface area contributed by atoms with E-state index in [0.29, 0.717) is 21.5 Å². The van der Waals surface area contributed by atoms with Gasteiger partial charge in [0.1, 0.15) is 10.8 Å². The van der Waals surface area contributed by atoms with Crippen LogP contribution < -0.4 is 0 Å². The van der Waals surface area contributed by atoms with E-state index in [0.717, 1.165) is 0 Å². The van der Waals surface area contributed by atoms with Gasteiger partial charge in [-0.3, -0.25) is 4.79 Å². The van der Waals surface area contributed by atoms with Crippen LogP contribution in [0.25, 0.3) is 10.9 Å². The fourth-order valence-electron chi connectivity index (χ4n) is 3.62. The second kappa shape index (κ2) is 9.12. The number of aromatic nitrogens is 1. The summed E-state index contributed by atoms with van der Waals surface area (Å²) in [6.07, 6.45) is 1.50. The van der Waals surface area contributed by atoms with Gasteiger partial charge in [-0.25, -0.2) is 12.8 Å². The molecule has 0 radical (unpaired) electrons. The quantitative estimate of drug-likeness (QED) is 0.439. The fourth-order valence-corrected chi connectivity index (χ4v) is 5.24. The van der Waals surface area contributed by atoms with Gasteiger partial charge < -0.3 is 14.9 Å². The van der Waals surface area contributed by atoms with E-state index in [-0.39, 0.29) is 36.8 Å². The second-order valence-corrected chi connectivity index (χ2v) is 10.2. The molecule has 3 aromatic rings. The maximum absolute atomic E-state index is 14.6. The molecule has 2 heterocycles. The van der Waals surface area contributed by atoms with Gasteiger partial charge in [0.15, 0.2) is 0 Å². The van der Waals surface area contributed by atoms with Crippen LogP contribution in [-0.2, 0) is 10.0 Å². The van der Waals surface area contributed by atoms with Gasteiger partial charge in [0.2, 0.25) is 0 Å². The van der Waals surface area contributed by atoms with Crippen molar-refractivity contribution in [3.63, 3.8) is 0 Å². The second-order valence-electron chi connectivity index (χ2n) is 7.89. The van der Waals surface area contributed by atoms with Gasteiger partial charge in [-0.05, 0) is 42.0 Å². The average Bonchev–Trinajstić information content (AvgIpc) is 3.21. The lowest BCUT2D eigenvalue weighted by Gasteiger charge is -2.33. The van der Waals surface area contributed by atoms with Crippen molar-refractivity contribution >= 4 is 44.6 Å². The number of hydrazone groups is 1. The standard InChI is InChI=1S/C22H23ClFN5O3S/c1-27(2)25-14-15-3-5-18(19(24)11-15)22(30)28-7-9-29(10-8-28)33(31,32)21-13-16-12-17(23)4-6-20(16)26-21/h3-6,11-14,26H,7-10H2,1-2H3/b25-14+. The first kappa shape index (κ1) is 23.2. The molecule has 1 aliphatic heterocycles. The number of benzene rings is 2. The molecule has 1 aromatic heterocycles. The summed E-state index contributed by atoms with van der Waals surface area (Å²) in [6.45, 7) is 0.541. The van der Waals surface area contributed by atoms with E-state index in [1.807, 2.05) is 0 Å². The molecule has 1 N–H and O–H groups in total. The van der Waals surface area contributed by atoms with E-state index in [1.54, 1.807) is 49.4 Å². The molecule has 0 saturated carbocycles. The monoisotopic (exact) mass is 491 g/mol. The highest BCUT2D eigenvalue weighted by atomic mass is 35.5. The van der Waals surface area contributed by atoms with Crippen molar-refractivity contribution in [2.45, 2.75) is 5.03 Å². The van der Waals surface area contributed by atoms with Crippen molar-refractivity contribution in [3.05, 3.63) is 64.4 Å². The summed E-state index contributed by atoms with van der Waals surface area (Å²) >= 11 is 5.99. The number of halogens is 2. The number of hydrogen-bond donors (Lipinski definition) is 1. The Balaban J connectivity index is 1.45. The number of piperazine rings is 1. The van der Waals surface area contributed by atoms with Crippen LogP contribution in [0.5, 0.6) is 0 Å². The summed E-state index contributed by atoms with van der Waals surface area (Å²) in [6, 6.07) is 10.9. The van der Waals surface area contributed by atoms with Gasteiger partial charge in [0.05, 0.1) is 11.8 Å². The molecule has 1 amide bonds. The number of carbonyl (C=O) groups is 1. The number of fused-ring (bicyclic) bond motifs is 1. The smallest absolute Gasteiger partial charge is 0.258 e. The van der Waals surface area contributed by atoms with Crippen LogP contribution in [0, 0.1) is 5.82 Å². The lowest BCUT2D eigenvalue weighted by molar-refractivity contribution is 0.0693. The maximum Gasteiger partial charge on any atom is 0.258 e. The normalized spacial score (nSPS) is 15.5. The van der Waals surface area contributed by atoms with E-state index in [2.05, 4.69) is 10.1 Å². The summed E-state index contributed by atoms with van der Waals surface area (Å²) in [4.78, 5) is 17.2. The van der Waals surface area contributed by atoms with E-state index in [4.69, 9.17) is 11.6 Å². The maximum atomic E-state index is 14.6. The van der Waals surface area contributed by atoms with Crippen LogP contribution in [0.15, 0.2) is 52.6 Å². The molecule has 33 heavy (non-hydrogen) atoms. The molecule has 174 valence electrons. The van der Waals surface area contributed by atoms with Gasteiger partial charge >= 0.3 is 0 Å². The van der Waals surface area contributed by atoms with Gasteiger partial charge in [0, 0.05) is 56.2 Å². The number of H-pyrrole nitrogens is 1. The van der Waals surface area contributed by atoms with E-state index >= 15 is 0 Å². The number of nitrogens with zero attached hydrogens (tertiary/aromatic N) is 4. The number of rotatable bonds is 5. The van der Waals surface area contributed by atoms with Crippen LogP contribution in [0.1, 0.15) is 15.9 Å².